The number of hydrogen-bond donors (Lipinski definition) is 3. The van der Waals surface area contributed by atoms with Crippen molar-refractivity contribution in [3.05, 3.63) is 22.4 Å². The van der Waals surface area contributed by atoms with Gasteiger partial charge in [-0.15, -0.1) is 11.3 Å². The molecule has 19 heavy (non-hydrogen) atoms. The van der Waals surface area contributed by atoms with Gasteiger partial charge in [0.15, 0.2) is 0 Å². The summed E-state index contributed by atoms with van der Waals surface area (Å²) < 4.78 is 0. The number of hydrogen-bond acceptors (Lipinski definition) is 4. The summed E-state index contributed by atoms with van der Waals surface area (Å²) in [4.78, 5) is 0.981. The molecule has 3 N–H and O–H groups in total. The average Bonchev–Trinajstić information content (AvgIpc) is 2.93. The molecule has 4 heteroatoms. The summed E-state index contributed by atoms with van der Waals surface area (Å²) in [6, 6.07) is 3.89. The molecule has 0 aliphatic heterocycles. The molecule has 1 saturated carbocycles. The van der Waals surface area contributed by atoms with Crippen molar-refractivity contribution in [1.82, 2.24) is 5.32 Å². The Bertz CT molecular complexity index is 358. The van der Waals surface area contributed by atoms with Crippen molar-refractivity contribution in [3.8, 4) is 0 Å². The van der Waals surface area contributed by atoms with E-state index in [1.807, 2.05) is 17.5 Å². The molecule has 1 atom stereocenters. The van der Waals surface area contributed by atoms with Crippen LogP contribution in [0, 0.1) is 5.92 Å². The van der Waals surface area contributed by atoms with Crippen LogP contribution in [-0.2, 0) is 0 Å². The molecule has 0 bridgehead atoms. The Morgan fingerprint density at radius 3 is 2.79 bits per heavy atom. The Labute approximate surface area is 119 Å². The maximum atomic E-state index is 10.5. The average molecular weight is 283 g/mol. The van der Waals surface area contributed by atoms with Crippen molar-refractivity contribution in [2.75, 3.05) is 13.1 Å². The van der Waals surface area contributed by atoms with E-state index in [2.05, 4.69) is 12.2 Å². The first-order valence-electron chi connectivity index (χ1n) is 7.27. The maximum absolute atomic E-state index is 10.5. The van der Waals surface area contributed by atoms with Crippen LogP contribution in [0.15, 0.2) is 17.5 Å². The molecule has 2 rings (SSSR count). The van der Waals surface area contributed by atoms with E-state index in [1.54, 1.807) is 11.3 Å². The molecule has 0 saturated heterocycles. The van der Waals surface area contributed by atoms with Crippen LogP contribution in [0.3, 0.4) is 0 Å². The Kier molecular flexibility index (Phi) is 5.39. The van der Waals surface area contributed by atoms with Gasteiger partial charge >= 0.3 is 0 Å². The molecule has 1 unspecified atom stereocenters. The van der Waals surface area contributed by atoms with Gasteiger partial charge < -0.3 is 15.5 Å². The van der Waals surface area contributed by atoms with Crippen molar-refractivity contribution in [2.24, 2.45) is 5.92 Å². The zero-order valence-corrected chi connectivity index (χ0v) is 12.5. The quantitative estimate of drug-likeness (QED) is 0.752. The number of aliphatic hydroxyl groups is 2. The first-order chi connectivity index (χ1) is 9.13. The summed E-state index contributed by atoms with van der Waals surface area (Å²) in [6.45, 7) is 3.33. The largest absolute Gasteiger partial charge is 0.389 e. The van der Waals surface area contributed by atoms with Crippen LogP contribution in [0.25, 0.3) is 0 Å². The fourth-order valence-corrected chi connectivity index (χ4v) is 3.53. The first-order valence-corrected chi connectivity index (χ1v) is 8.15. The second kappa shape index (κ2) is 6.84. The Morgan fingerprint density at radius 1 is 1.47 bits per heavy atom. The minimum atomic E-state index is -0.569. The van der Waals surface area contributed by atoms with Crippen LogP contribution in [0.2, 0.25) is 0 Å². The second-order valence-corrected chi connectivity index (χ2v) is 6.72. The van der Waals surface area contributed by atoms with Crippen molar-refractivity contribution in [3.63, 3.8) is 0 Å². The fourth-order valence-electron chi connectivity index (χ4n) is 2.82. The highest BCUT2D eigenvalue weighted by atomic mass is 32.1. The summed E-state index contributed by atoms with van der Waals surface area (Å²) in [6.07, 6.45) is 4.78. The van der Waals surface area contributed by atoms with Crippen LogP contribution in [0.5, 0.6) is 0 Å². The predicted octanol–water partition coefficient (Wildman–Crippen LogP) is 2.70. The standard InChI is InChI=1S/C15H25NO2S/c1-2-12-5-7-15(18,8-6-12)11-16-10-13(17)14-4-3-9-19-14/h3-4,9,12-13,16-18H,2,5-8,10-11H2,1H3. The van der Waals surface area contributed by atoms with Crippen LogP contribution in [0.4, 0.5) is 0 Å². The molecular formula is C15H25NO2S. The molecule has 1 heterocycles. The van der Waals surface area contributed by atoms with Gasteiger partial charge in [0.25, 0.3) is 0 Å². The molecule has 1 aliphatic rings. The third-order valence-electron chi connectivity index (χ3n) is 4.28. The third-order valence-corrected chi connectivity index (χ3v) is 5.25. The molecule has 108 valence electrons. The van der Waals surface area contributed by atoms with Gasteiger partial charge in [0.2, 0.25) is 0 Å². The van der Waals surface area contributed by atoms with E-state index in [0.29, 0.717) is 13.1 Å². The van der Waals surface area contributed by atoms with Crippen LogP contribution < -0.4 is 5.32 Å². The smallest absolute Gasteiger partial charge is 0.101 e. The molecule has 1 aromatic rings. The highest BCUT2D eigenvalue weighted by Crippen LogP contribution is 2.33. The van der Waals surface area contributed by atoms with Gasteiger partial charge in [-0.25, -0.2) is 0 Å². The normalized spacial score (nSPS) is 29.3. The Morgan fingerprint density at radius 2 is 2.21 bits per heavy atom. The topological polar surface area (TPSA) is 52.5 Å². The van der Waals surface area contributed by atoms with E-state index < -0.39 is 11.7 Å². The van der Waals surface area contributed by atoms with Crippen molar-refractivity contribution >= 4 is 11.3 Å². The molecule has 3 nitrogen and oxygen atoms in total. The van der Waals surface area contributed by atoms with Gasteiger partial charge in [0.1, 0.15) is 6.10 Å². The third kappa shape index (κ3) is 4.28. The monoisotopic (exact) mass is 283 g/mol. The van der Waals surface area contributed by atoms with Crippen molar-refractivity contribution < 1.29 is 10.2 Å². The van der Waals surface area contributed by atoms with Crippen LogP contribution in [0.1, 0.15) is 50.0 Å². The van der Waals surface area contributed by atoms with Gasteiger partial charge in [-0.1, -0.05) is 19.4 Å². The molecule has 1 fully saturated rings. The summed E-state index contributed by atoms with van der Waals surface area (Å²) >= 11 is 1.57. The highest BCUT2D eigenvalue weighted by molar-refractivity contribution is 7.10. The van der Waals surface area contributed by atoms with E-state index >= 15 is 0 Å². The lowest BCUT2D eigenvalue weighted by Gasteiger charge is -2.36. The SMILES string of the molecule is CCC1CCC(O)(CNCC(O)c2cccs2)CC1. The summed E-state index contributed by atoms with van der Waals surface area (Å²) in [5.74, 6) is 0.789. The minimum Gasteiger partial charge on any atom is -0.389 e. The second-order valence-electron chi connectivity index (χ2n) is 5.74. The molecular weight excluding hydrogens is 258 g/mol. The lowest BCUT2D eigenvalue weighted by atomic mass is 9.78. The summed E-state index contributed by atoms with van der Waals surface area (Å²) in [5, 5.41) is 25.6. The van der Waals surface area contributed by atoms with Gasteiger partial charge in [-0.05, 0) is 43.0 Å². The van der Waals surface area contributed by atoms with E-state index in [1.165, 1.54) is 6.42 Å². The zero-order valence-electron chi connectivity index (χ0n) is 11.6. The van der Waals surface area contributed by atoms with Gasteiger partial charge in [-0.2, -0.15) is 0 Å². The van der Waals surface area contributed by atoms with Gasteiger partial charge in [0, 0.05) is 18.0 Å². The van der Waals surface area contributed by atoms with E-state index in [9.17, 15) is 10.2 Å². The number of nitrogens with one attached hydrogen (secondary N) is 1. The van der Waals surface area contributed by atoms with Crippen LogP contribution >= 0.6 is 11.3 Å². The van der Waals surface area contributed by atoms with Crippen molar-refractivity contribution in [2.45, 2.75) is 50.7 Å². The lowest BCUT2D eigenvalue weighted by molar-refractivity contribution is -0.0104. The predicted molar refractivity (Wildman–Crippen MR) is 79.3 cm³/mol. The molecule has 1 aliphatic carbocycles. The summed E-state index contributed by atoms with van der Waals surface area (Å²) in [5.41, 5.74) is -0.569. The van der Waals surface area contributed by atoms with E-state index in [-0.39, 0.29) is 0 Å². The zero-order chi connectivity index (χ0) is 13.7. The first kappa shape index (κ1) is 15.0. The Hall–Kier alpha value is -0.420. The molecule has 1 aromatic heterocycles. The maximum Gasteiger partial charge on any atom is 0.101 e. The number of rotatable bonds is 6. The van der Waals surface area contributed by atoms with E-state index in [4.69, 9.17) is 0 Å². The van der Waals surface area contributed by atoms with Crippen molar-refractivity contribution in [1.29, 1.82) is 0 Å². The molecule has 0 amide bonds. The highest BCUT2D eigenvalue weighted by Gasteiger charge is 2.32. The molecule has 0 spiro atoms. The van der Waals surface area contributed by atoms with Gasteiger partial charge in [-0.3, -0.25) is 0 Å². The molecule has 0 radical (unpaired) electrons. The number of thiophene rings is 1. The number of aliphatic hydroxyl groups excluding tert-OH is 1. The fraction of sp³-hybridized carbons (Fsp3) is 0.733. The van der Waals surface area contributed by atoms with E-state index in [0.717, 1.165) is 36.5 Å². The molecule has 0 aromatic carbocycles. The van der Waals surface area contributed by atoms with Crippen LogP contribution in [-0.4, -0.2) is 28.9 Å². The summed E-state index contributed by atoms with van der Waals surface area (Å²) in [7, 11) is 0. The Balaban J connectivity index is 1.70. The lowest BCUT2D eigenvalue weighted by Crippen LogP contribution is -2.44. The minimum absolute atomic E-state index is 0.462. The van der Waals surface area contributed by atoms with Gasteiger partial charge in [0.05, 0.1) is 5.60 Å².